The molecule has 0 atom stereocenters. The third-order valence-corrected chi connectivity index (χ3v) is 3.35. The zero-order valence-electron chi connectivity index (χ0n) is 11.3. The van der Waals surface area contributed by atoms with Crippen LogP contribution in [0.15, 0.2) is 53.5 Å². The third-order valence-electron chi connectivity index (χ3n) is 3.35. The molecule has 3 rings (SSSR count). The maximum atomic E-state index is 13.6. The normalized spacial score (nSPS) is 11.0. The molecule has 21 heavy (non-hydrogen) atoms. The lowest BCUT2D eigenvalue weighted by Gasteiger charge is -2.10. The number of nitrogens with zero attached hydrogens (tertiary/aromatic N) is 2. The van der Waals surface area contributed by atoms with Crippen LogP contribution < -0.4 is 11.3 Å². The number of hydrogen-bond acceptors (Lipinski definition) is 3. The second kappa shape index (κ2) is 5.46. The van der Waals surface area contributed by atoms with E-state index in [1.54, 1.807) is 4.57 Å². The fourth-order valence-corrected chi connectivity index (χ4v) is 2.39. The summed E-state index contributed by atoms with van der Waals surface area (Å²) in [6.45, 7) is 0.545. The van der Waals surface area contributed by atoms with Crippen LogP contribution in [0.4, 0.5) is 4.39 Å². The van der Waals surface area contributed by atoms with Crippen molar-refractivity contribution in [1.29, 1.82) is 0 Å². The Morgan fingerprint density at radius 3 is 2.71 bits per heavy atom. The van der Waals surface area contributed by atoms with Crippen molar-refractivity contribution in [2.75, 3.05) is 0 Å². The summed E-state index contributed by atoms with van der Waals surface area (Å²) in [4.78, 5) is 16.2. The molecule has 0 bridgehead atoms. The summed E-state index contributed by atoms with van der Waals surface area (Å²) >= 11 is 0. The first-order valence-corrected chi connectivity index (χ1v) is 6.60. The van der Waals surface area contributed by atoms with E-state index in [0.717, 1.165) is 11.0 Å². The number of para-hydroxylation sites is 2. The minimum Gasteiger partial charge on any atom is -0.326 e. The van der Waals surface area contributed by atoms with E-state index < -0.39 is 0 Å². The van der Waals surface area contributed by atoms with Gasteiger partial charge in [-0.2, -0.15) is 0 Å². The van der Waals surface area contributed by atoms with Crippen LogP contribution in [0.2, 0.25) is 0 Å². The van der Waals surface area contributed by atoms with E-state index in [-0.39, 0.29) is 24.5 Å². The highest BCUT2D eigenvalue weighted by Gasteiger charge is 2.06. The van der Waals surface area contributed by atoms with Gasteiger partial charge in [-0.25, -0.2) is 9.37 Å². The Labute approximate surface area is 120 Å². The highest BCUT2D eigenvalue weighted by molar-refractivity contribution is 5.74. The average molecular weight is 283 g/mol. The summed E-state index contributed by atoms with van der Waals surface area (Å²) in [6.07, 6.45) is 1.28. The Balaban J connectivity index is 2.12. The maximum Gasteiger partial charge on any atom is 0.269 e. The molecule has 2 aromatic carbocycles. The molecular formula is C16H14FN3O. The monoisotopic (exact) mass is 283 g/mol. The van der Waals surface area contributed by atoms with Crippen molar-refractivity contribution in [3.8, 4) is 0 Å². The molecule has 1 heterocycles. The summed E-state index contributed by atoms with van der Waals surface area (Å²) in [5.41, 5.74) is 8.20. The number of aromatic nitrogens is 2. The molecule has 0 aliphatic carbocycles. The van der Waals surface area contributed by atoms with E-state index in [2.05, 4.69) is 4.98 Å². The molecule has 1 aromatic heterocycles. The number of hydrogen-bond donors (Lipinski definition) is 1. The SMILES string of the molecule is NCc1cc(F)cc(Cn2c(=O)cnc3ccccc32)c1. The lowest BCUT2D eigenvalue weighted by molar-refractivity contribution is 0.620. The highest BCUT2D eigenvalue weighted by Crippen LogP contribution is 2.13. The van der Waals surface area contributed by atoms with Crippen LogP contribution >= 0.6 is 0 Å². The zero-order valence-corrected chi connectivity index (χ0v) is 11.3. The Hall–Kier alpha value is -2.53. The van der Waals surface area contributed by atoms with Gasteiger partial charge in [0.25, 0.3) is 5.56 Å². The molecule has 0 amide bonds. The Bertz CT molecular complexity index is 858. The maximum absolute atomic E-state index is 13.6. The first-order chi connectivity index (χ1) is 10.2. The molecule has 2 N–H and O–H groups in total. The number of halogens is 1. The molecule has 106 valence electrons. The average Bonchev–Trinajstić information content (AvgIpc) is 2.49. The van der Waals surface area contributed by atoms with Gasteiger partial charge in [0.05, 0.1) is 23.8 Å². The van der Waals surface area contributed by atoms with Crippen LogP contribution in [-0.2, 0) is 13.1 Å². The van der Waals surface area contributed by atoms with Crippen LogP contribution in [-0.4, -0.2) is 9.55 Å². The van der Waals surface area contributed by atoms with Gasteiger partial charge in [-0.1, -0.05) is 18.2 Å². The molecule has 5 heteroatoms. The molecule has 0 unspecified atom stereocenters. The minimum atomic E-state index is -0.348. The molecule has 0 spiro atoms. The lowest BCUT2D eigenvalue weighted by atomic mass is 10.1. The number of benzene rings is 2. The quantitative estimate of drug-likeness (QED) is 0.800. The van der Waals surface area contributed by atoms with Gasteiger partial charge in [-0.3, -0.25) is 4.79 Å². The van der Waals surface area contributed by atoms with Gasteiger partial charge in [-0.05, 0) is 35.4 Å². The molecule has 0 aliphatic heterocycles. The van der Waals surface area contributed by atoms with Gasteiger partial charge in [0.1, 0.15) is 5.82 Å². The van der Waals surface area contributed by atoms with Crippen molar-refractivity contribution >= 4 is 11.0 Å². The second-order valence-corrected chi connectivity index (χ2v) is 4.84. The molecule has 3 aromatic rings. The number of rotatable bonds is 3. The Morgan fingerprint density at radius 1 is 1.14 bits per heavy atom. The third kappa shape index (κ3) is 2.68. The van der Waals surface area contributed by atoms with Crippen molar-refractivity contribution in [1.82, 2.24) is 9.55 Å². The van der Waals surface area contributed by atoms with E-state index in [1.165, 1.54) is 18.3 Å². The molecule has 0 radical (unpaired) electrons. The Kier molecular flexibility index (Phi) is 3.50. The van der Waals surface area contributed by atoms with Gasteiger partial charge in [-0.15, -0.1) is 0 Å². The van der Waals surface area contributed by atoms with Crippen LogP contribution in [0.25, 0.3) is 11.0 Å². The van der Waals surface area contributed by atoms with E-state index >= 15 is 0 Å². The van der Waals surface area contributed by atoms with Crippen molar-refractivity contribution < 1.29 is 4.39 Å². The van der Waals surface area contributed by atoms with Crippen molar-refractivity contribution in [2.24, 2.45) is 5.73 Å². The van der Waals surface area contributed by atoms with Crippen LogP contribution in [0.1, 0.15) is 11.1 Å². The highest BCUT2D eigenvalue weighted by atomic mass is 19.1. The van der Waals surface area contributed by atoms with Gasteiger partial charge >= 0.3 is 0 Å². The van der Waals surface area contributed by atoms with Crippen LogP contribution in [0, 0.1) is 5.82 Å². The first kappa shape index (κ1) is 13.5. The van der Waals surface area contributed by atoms with E-state index in [0.29, 0.717) is 11.1 Å². The minimum absolute atomic E-state index is 0.216. The van der Waals surface area contributed by atoms with Gasteiger partial charge in [0.2, 0.25) is 0 Å². The molecule has 0 fully saturated rings. The molecular weight excluding hydrogens is 269 g/mol. The van der Waals surface area contributed by atoms with Gasteiger partial charge < -0.3 is 10.3 Å². The smallest absolute Gasteiger partial charge is 0.269 e. The molecule has 4 nitrogen and oxygen atoms in total. The molecule has 0 saturated heterocycles. The van der Waals surface area contributed by atoms with E-state index in [4.69, 9.17) is 5.73 Å². The van der Waals surface area contributed by atoms with Crippen LogP contribution in [0.5, 0.6) is 0 Å². The predicted octanol–water partition coefficient (Wildman–Crippen LogP) is 2.04. The van der Waals surface area contributed by atoms with Crippen LogP contribution in [0.3, 0.4) is 0 Å². The lowest BCUT2D eigenvalue weighted by Crippen LogP contribution is -2.21. The van der Waals surface area contributed by atoms with Gasteiger partial charge in [0.15, 0.2) is 0 Å². The predicted molar refractivity (Wildman–Crippen MR) is 79.4 cm³/mol. The summed E-state index contributed by atoms with van der Waals surface area (Å²) in [5.74, 6) is -0.348. The first-order valence-electron chi connectivity index (χ1n) is 6.60. The van der Waals surface area contributed by atoms with Gasteiger partial charge in [0, 0.05) is 6.54 Å². The fraction of sp³-hybridized carbons (Fsp3) is 0.125. The largest absolute Gasteiger partial charge is 0.326 e. The zero-order chi connectivity index (χ0) is 14.8. The number of nitrogens with two attached hydrogens (primary N) is 1. The second-order valence-electron chi connectivity index (χ2n) is 4.84. The fourth-order valence-electron chi connectivity index (χ4n) is 2.39. The standard InChI is InChI=1S/C16H14FN3O/c17-13-6-11(8-18)5-12(7-13)10-20-15-4-2-1-3-14(15)19-9-16(20)21/h1-7,9H,8,10,18H2. The van der Waals surface area contributed by atoms with E-state index in [1.807, 2.05) is 30.3 Å². The van der Waals surface area contributed by atoms with Crippen molar-refractivity contribution in [2.45, 2.75) is 13.1 Å². The molecule has 0 aliphatic rings. The van der Waals surface area contributed by atoms with Crippen molar-refractivity contribution in [3.05, 3.63) is 76.0 Å². The summed E-state index contributed by atoms with van der Waals surface area (Å²) < 4.78 is 15.2. The molecule has 0 saturated carbocycles. The number of fused-ring (bicyclic) bond motifs is 1. The summed E-state index contributed by atoms with van der Waals surface area (Å²) in [7, 11) is 0. The van der Waals surface area contributed by atoms with Crippen molar-refractivity contribution in [3.63, 3.8) is 0 Å². The topological polar surface area (TPSA) is 60.9 Å². The summed E-state index contributed by atoms with van der Waals surface area (Å²) in [6, 6.07) is 12.0. The Morgan fingerprint density at radius 2 is 1.90 bits per heavy atom. The summed E-state index contributed by atoms with van der Waals surface area (Å²) in [5, 5.41) is 0. The van der Waals surface area contributed by atoms with E-state index in [9.17, 15) is 9.18 Å².